The van der Waals surface area contributed by atoms with Gasteiger partial charge in [0.15, 0.2) is 11.5 Å². The lowest BCUT2D eigenvalue weighted by Crippen LogP contribution is -2.45. The molecule has 37 heavy (non-hydrogen) atoms. The molecule has 0 radical (unpaired) electrons. The van der Waals surface area contributed by atoms with Gasteiger partial charge in [-0.3, -0.25) is 10.2 Å². The number of rotatable bonds is 9. The highest BCUT2D eigenvalue weighted by Crippen LogP contribution is 2.32. The average molecular weight is 545 g/mol. The highest BCUT2D eigenvalue weighted by Gasteiger charge is 2.41. The number of benzene rings is 2. The van der Waals surface area contributed by atoms with Gasteiger partial charge in [-0.2, -0.15) is 9.39 Å². The number of hydrogen-bond donors (Lipinski definition) is 1. The quantitative estimate of drug-likeness (QED) is 0.286. The first-order valence-corrected chi connectivity index (χ1v) is 13.6. The summed E-state index contributed by atoms with van der Waals surface area (Å²) in [6, 6.07) is 12.4. The summed E-state index contributed by atoms with van der Waals surface area (Å²) in [5.74, 6) is 1.37. The molecule has 0 unspecified atom stereocenters. The van der Waals surface area contributed by atoms with Crippen LogP contribution in [0.3, 0.4) is 0 Å². The second kappa shape index (κ2) is 11.0. The maximum absolute atomic E-state index is 12.6. The second-order valence-corrected chi connectivity index (χ2v) is 10.5. The lowest BCUT2D eigenvalue weighted by atomic mass is 10.1. The Morgan fingerprint density at radius 3 is 2.51 bits per heavy atom. The van der Waals surface area contributed by atoms with Crippen molar-refractivity contribution in [1.82, 2.24) is 4.90 Å². The Labute approximate surface area is 218 Å². The molecule has 2 aromatic carbocycles. The molecule has 2 aliphatic heterocycles. The van der Waals surface area contributed by atoms with Crippen LogP contribution in [0.2, 0.25) is 0 Å². The number of hydrogen-bond acceptors (Lipinski definition) is 10. The van der Waals surface area contributed by atoms with Crippen molar-refractivity contribution in [1.29, 1.82) is 5.41 Å². The Morgan fingerprint density at radius 2 is 1.78 bits per heavy atom. The Hall–Kier alpha value is -3.84. The number of ether oxygens (including phenoxy) is 4. The second-order valence-electron chi connectivity index (χ2n) is 7.82. The molecule has 2 aliphatic rings. The first kappa shape index (κ1) is 26.2. The number of carbonyl (C=O) groups is 1. The van der Waals surface area contributed by atoms with Gasteiger partial charge in [-0.25, -0.2) is 13.3 Å². The van der Waals surface area contributed by atoms with Gasteiger partial charge in [-0.15, -0.1) is 0 Å². The van der Waals surface area contributed by atoms with E-state index < -0.39 is 15.7 Å². The molecule has 194 valence electrons. The normalized spacial score (nSPS) is 16.3. The molecule has 13 heteroatoms. The van der Waals surface area contributed by atoms with Gasteiger partial charge in [0.25, 0.3) is 5.91 Å². The standard InChI is InChI=1S/C24H24N4O7S2/c1-32-16-6-4-7-17(14-16)34-10-5-11-35-19-9-8-15(13-20(19)33-2)12-18-21(25)28-23(26-22(18)29)36-27-24(28)37(3,30)31/h4,6-9,12-14,25H,5,10-11H2,1-3H3. The van der Waals surface area contributed by atoms with Crippen molar-refractivity contribution in [2.45, 2.75) is 6.42 Å². The summed E-state index contributed by atoms with van der Waals surface area (Å²) in [4.78, 5) is 17.5. The van der Waals surface area contributed by atoms with Gasteiger partial charge in [-0.05, 0) is 35.9 Å². The number of fused-ring (bicyclic) bond motifs is 1. The van der Waals surface area contributed by atoms with Gasteiger partial charge >= 0.3 is 0 Å². The number of amidine groups is 3. The van der Waals surface area contributed by atoms with E-state index >= 15 is 0 Å². The van der Waals surface area contributed by atoms with Crippen molar-refractivity contribution < 1.29 is 32.2 Å². The molecule has 1 N–H and O–H groups in total. The van der Waals surface area contributed by atoms with Crippen LogP contribution in [0.25, 0.3) is 6.08 Å². The fraction of sp³-hybridized carbons (Fsp3) is 0.250. The fourth-order valence-electron chi connectivity index (χ4n) is 3.42. The van der Waals surface area contributed by atoms with Crippen LogP contribution in [-0.4, -0.2) is 69.1 Å². The molecule has 0 fully saturated rings. The Kier molecular flexibility index (Phi) is 7.83. The fourth-order valence-corrected chi connectivity index (χ4v) is 5.26. The zero-order valence-corrected chi connectivity index (χ0v) is 21.9. The average Bonchev–Trinajstić information content (AvgIpc) is 3.31. The van der Waals surface area contributed by atoms with E-state index in [4.69, 9.17) is 24.4 Å². The Bertz CT molecular complexity index is 1430. The molecule has 2 heterocycles. The predicted molar refractivity (Wildman–Crippen MR) is 141 cm³/mol. The summed E-state index contributed by atoms with van der Waals surface area (Å²) in [6.07, 6.45) is 3.05. The maximum atomic E-state index is 12.6. The van der Waals surface area contributed by atoms with Crippen molar-refractivity contribution >= 4 is 49.9 Å². The lowest BCUT2D eigenvalue weighted by molar-refractivity contribution is -0.114. The van der Waals surface area contributed by atoms with Crippen LogP contribution in [-0.2, 0) is 14.6 Å². The van der Waals surface area contributed by atoms with Crippen molar-refractivity contribution in [3.63, 3.8) is 0 Å². The van der Waals surface area contributed by atoms with Crippen LogP contribution in [0.15, 0.2) is 57.4 Å². The lowest BCUT2D eigenvalue weighted by Gasteiger charge is -2.23. The van der Waals surface area contributed by atoms with Crippen LogP contribution >= 0.6 is 11.9 Å². The zero-order valence-electron chi connectivity index (χ0n) is 20.3. The molecule has 0 saturated carbocycles. The summed E-state index contributed by atoms with van der Waals surface area (Å²) in [5, 5.41) is 8.14. The molecule has 4 rings (SSSR count). The topological polar surface area (TPSA) is 140 Å². The van der Waals surface area contributed by atoms with E-state index in [1.54, 1.807) is 31.4 Å². The summed E-state index contributed by atoms with van der Waals surface area (Å²) < 4.78 is 50.1. The minimum absolute atomic E-state index is 0.0317. The monoisotopic (exact) mass is 544 g/mol. The molecule has 0 atom stereocenters. The van der Waals surface area contributed by atoms with Crippen LogP contribution in [0.1, 0.15) is 12.0 Å². The number of carbonyl (C=O) groups excluding carboxylic acids is 1. The summed E-state index contributed by atoms with van der Waals surface area (Å²) in [7, 11) is -0.636. The van der Waals surface area contributed by atoms with Gasteiger partial charge in [-0.1, -0.05) is 12.1 Å². The third-order valence-electron chi connectivity index (χ3n) is 5.18. The third-order valence-corrected chi connectivity index (χ3v) is 6.93. The minimum atomic E-state index is -3.72. The highest BCUT2D eigenvalue weighted by atomic mass is 32.2. The highest BCUT2D eigenvalue weighted by molar-refractivity contribution is 8.16. The molecular formula is C24H24N4O7S2. The van der Waals surface area contributed by atoms with Crippen molar-refractivity contribution in [2.75, 3.05) is 33.7 Å². The zero-order chi connectivity index (χ0) is 26.6. The Morgan fingerprint density at radius 1 is 1.03 bits per heavy atom. The van der Waals surface area contributed by atoms with E-state index in [1.807, 2.05) is 18.2 Å². The number of aliphatic imine (C=N–C) groups is 1. The Balaban J connectivity index is 1.42. The molecule has 0 aliphatic carbocycles. The third kappa shape index (κ3) is 5.94. The van der Waals surface area contributed by atoms with E-state index in [0.29, 0.717) is 48.2 Å². The molecule has 0 saturated heterocycles. The number of amides is 1. The molecule has 2 aromatic rings. The number of nitrogens with one attached hydrogen (secondary N) is 1. The van der Waals surface area contributed by atoms with Gasteiger partial charge < -0.3 is 18.9 Å². The van der Waals surface area contributed by atoms with E-state index in [0.717, 1.165) is 23.1 Å². The first-order valence-electron chi connectivity index (χ1n) is 11.0. The maximum Gasteiger partial charge on any atom is 0.283 e. The SMILES string of the molecule is COc1cccc(OCCCOc2ccc(C=C3C(=N)N4C(=NC3=O)SN=C4S(C)(=O)=O)cc2OC)c1. The van der Waals surface area contributed by atoms with Gasteiger partial charge in [0, 0.05) is 18.7 Å². The largest absolute Gasteiger partial charge is 0.497 e. The van der Waals surface area contributed by atoms with Gasteiger partial charge in [0.05, 0.1) is 45.0 Å². The number of nitrogens with zero attached hydrogens (tertiary/aromatic N) is 3. The van der Waals surface area contributed by atoms with Crippen molar-refractivity contribution in [3.8, 4) is 23.0 Å². The predicted octanol–water partition coefficient (Wildman–Crippen LogP) is 3.17. The molecule has 0 spiro atoms. The summed E-state index contributed by atoms with van der Waals surface area (Å²) in [6.45, 7) is 0.821. The summed E-state index contributed by atoms with van der Waals surface area (Å²) >= 11 is 0.741. The van der Waals surface area contributed by atoms with Gasteiger partial charge in [0.2, 0.25) is 20.2 Å². The number of sulfone groups is 1. The van der Waals surface area contributed by atoms with Crippen LogP contribution in [0.5, 0.6) is 23.0 Å². The van der Waals surface area contributed by atoms with E-state index in [2.05, 4.69) is 9.39 Å². The minimum Gasteiger partial charge on any atom is -0.497 e. The molecule has 1 amide bonds. The summed E-state index contributed by atoms with van der Waals surface area (Å²) in [5.41, 5.74) is 0.468. The van der Waals surface area contributed by atoms with Crippen LogP contribution in [0, 0.1) is 5.41 Å². The van der Waals surface area contributed by atoms with Crippen LogP contribution < -0.4 is 18.9 Å². The van der Waals surface area contributed by atoms with E-state index in [9.17, 15) is 13.2 Å². The smallest absolute Gasteiger partial charge is 0.283 e. The van der Waals surface area contributed by atoms with E-state index in [-0.39, 0.29) is 21.7 Å². The molecule has 0 aromatic heterocycles. The molecular weight excluding hydrogens is 520 g/mol. The van der Waals surface area contributed by atoms with Crippen molar-refractivity contribution in [2.24, 2.45) is 9.39 Å². The van der Waals surface area contributed by atoms with Crippen molar-refractivity contribution in [3.05, 3.63) is 53.6 Å². The molecule has 0 bridgehead atoms. The van der Waals surface area contributed by atoms with Crippen LogP contribution in [0.4, 0.5) is 0 Å². The molecule has 11 nitrogen and oxygen atoms in total. The first-order chi connectivity index (χ1) is 17.7. The van der Waals surface area contributed by atoms with E-state index in [1.165, 1.54) is 13.2 Å². The van der Waals surface area contributed by atoms with Gasteiger partial charge in [0.1, 0.15) is 17.3 Å². The number of methoxy groups -OCH3 is 2.